The van der Waals surface area contributed by atoms with E-state index in [0.29, 0.717) is 28.3 Å². The maximum absolute atomic E-state index is 13.2. The van der Waals surface area contributed by atoms with Gasteiger partial charge in [0.05, 0.1) is 14.2 Å². The van der Waals surface area contributed by atoms with Crippen molar-refractivity contribution in [3.63, 3.8) is 0 Å². The van der Waals surface area contributed by atoms with Gasteiger partial charge in [0.2, 0.25) is 0 Å². The molecule has 166 valence electrons. The summed E-state index contributed by atoms with van der Waals surface area (Å²) in [6, 6.07) is 21.4. The average Bonchev–Trinajstić information content (AvgIpc) is 3.32. The molecule has 4 aromatic rings. The van der Waals surface area contributed by atoms with Gasteiger partial charge in [-0.15, -0.1) is 0 Å². The number of hydrogen-bond donors (Lipinski definition) is 3. The predicted octanol–water partition coefficient (Wildman–Crippen LogP) is 4.59. The summed E-state index contributed by atoms with van der Waals surface area (Å²) in [5, 5.41) is 6.61. The number of benzene rings is 3. The molecule has 4 rings (SSSR count). The van der Waals surface area contributed by atoms with E-state index in [9.17, 15) is 9.59 Å². The van der Waals surface area contributed by atoms with Crippen LogP contribution in [0.5, 0.6) is 11.5 Å². The summed E-state index contributed by atoms with van der Waals surface area (Å²) in [6.45, 7) is 0. The van der Waals surface area contributed by atoms with Crippen LogP contribution in [-0.4, -0.2) is 31.0 Å². The first-order chi connectivity index (χ1) is 16.1. The van der Waals surface area contributed by atoms with Crippen molar-refractivity contribution >= 4 is 34.5 Å². The number of methoxy groups -OCH3 is 2. The number of H-pyrrole nitrogens is 1. The first-order valence-corrected chi connectivity index (χ1v) is 10.3. The fourth-order valence-corrected chi connectivity index (χ4v) is 3.36. The molecule has 0 spiro atoms. The van der Waals surface area contributed by atoms with Gasteiger partial charge in [0.15, 0.2) is 0 Å². The van der Waals surface area contributed by atoms with Gasteiger partial charge in [-0.1, -0.05) is 24.3 Å². The van der Waals surface area contributed by atoms with E-state index in [1.807, 2.05) is 30.5 Å². The van der Waals surface area contributed by atoms with E-state index in [4.69, 9.17) is 9.47 Å². The molecule has 0 radical (unpaired) electrons. The van der Waals surface area contributed by atoms with Crippen molar-refractivity contribution in [2.24, 2.45) is 0 Å². The van der Waals surface area contributed by atoms with Crippen LogP contribution in [-0.2, 0) is 4.79 Å². The zero-order valence-electron chi connectivity index (χ0n) is 18.2. The molecule has 0 unspecified atom stereocenters. The lowest BCUT2D eigenvalue weighted by Crippen LogP contribution is -2.30. The molecule has 0 saturated carbocycles. The van der Waals surface area contributed by atoms with Gasteiger partial charge in [-0.3, -0.25) is 9.59 Å². The molecular weight excluding hydrogens is 418 g/mol. The second-order valence-corrected chi connectivity index (χ2v) is 7.22. The van der Waals surface area contributed by atoms with Crippen LogP contribution in [0.3, 0.4) is 0 Å². The van der Waals surface area contributed by atoms with Crippen molar-refractivity contribution in [3.8, 4) is 11.5 Å². The molecule has 0 aliphatic carbocycles. The van der Waals surface area contributed by atoms with E-state index < -0.39 is 11.8 Å². The summed E-state index contributed by atoms with van der Waals surface area (Å²) in [6.07, 6.45) is 3.40. The Kier molecular flexibility index (Phi) is 6.40. The van der Waals surface area contributed by atoms with Crippen LogP contribution in [0.2, 0.25) is 0 Å². The van der Waals surface area contributed by atoms with Crippen LogP contribution in [0.4, 0.5) is 5.69 Å². The highest BCUT2D eigenvalue weighted by atomic mass is 16.5. The van der Waals surface area contributed by atoms with E-state index in [1.54, 1.807) is 61.7 Å². The molecule has 0 saturated heterocycles. The highest BCUT2D eigenvalue weighted by Crippen LogP contribution is 2.27. The Morgan fingerprint density at radius 3 is 2.48 bits per heavy atom. The van der Waals surface area contributed by atoms with Crippen LogP contribution in [0.15, 0.2) is 84.7 Å². The fourth-order valence-electron chi connectivity index (χ4n) is 3.36. The third kappa shape index (κ3) is 5.04. The topological polar surface area (TPSA) is 92.5 Å². The maximum Gasteiger partial charge on any atom is 0.272 e. The van der Waals surface area contributed by atoms with Gasteiger partial charge in [0, 0.05) is 34.6 Å². The molecule has 2 amide bonds. The van der Waals surface area contributed by atoms with Gasteiger partial charge in [-0.25, -0.2) is 0 Å². The molecular formula is C26H23N3O4. The normalized spacial score (nSPS) is 11.2. The minimum atomic E-state index is -0.469. The number of hydrogen-bond acceptors (Lipinski definition) is 4. The Labute approximate surface area is 191 Å². The SMILES string of the molecule is COc1ccc(/C=C(/NC(=O)c2ccccc2)C(=O)Nc2ccc3cc[nH]c3c2)c(OC)c1. The Morgan fingerprint density at radius 2 is 1.73 bits per heavy atom. The summed E-state index contributed by atoms with van der Waals surface area (Å²) in [4.78, 5) is 29.1. The summed E-state index contributed by atoms with van der Waals surface area (Å²) < 4.78 is 10.7. The van der Waals surface area contributed by atoms with Crippen molar-refractivity contribution in [2.75, 3.05) is 19.5 Å². The third-order valence-corrected chi connectivity index (χ3v) is 5.08. The van der Waals surface area contributed by atoms with Crippen LogP contribution in [0.1, 0.15) is 15.9 Å². The third-order valence-electron chi connectivity index (χ3n) is 5.08. The number of carbonyl (C=O) groups is 2. The number of carbonyl (C=O) groups excluding carboxylic acids is 2. The van der Waals surface area contributed by atoms with Crippen LogP contribution >= 0.6 is 0 Å². The molecule has 0 bridgehead atoms. The zero-order chi connectivity index (χ0) is 23.2. The number of nitrogens with one attached hydrogen (secondary N) is 3. The zero-order valence-corrected chi connectivity index (χ0v) is 18.2. The summed E-state index contributed by atoms with van der Waals surface area (Å²) >= 11 is 0. The van der Waals surface area contributed by atoms with Gasteiger partial charge in [-0.05, 0) is 53.9 Å². The Hall–Kier alpha value is -4.52. The lowest BCUT2D eigenvalue weighted by molar-refractivity contribution is -0.113. The Morgan fingerprint density at radius 1 is 0.909 bits per heavy atom. The van der Waals surface area contributed by atoms with Crippen molar-refractivity contribution in [2.45, 2.75) is 0 Å². The van der Waals surface area contributed by atoms with Gasteiger partial charge >= 0.3 is 0 Å². The minimum absolute atomic E-state index is 0.0684. The number of amides is 2. The second kappa shape index (κ2) is 9.74. The van der Waals surface area contributed by atoms with E-state index in [2.05, 4.69) is 15.6 Å². The number of aromatic amines is 1. The Balaban J connectivity index is 1.67. The quantitative estimate of drug-likeness (QED) is 0.366. The number of aromatic nitrogens is 1. The number of rotatable bonds is 7. The lowest BCUT2D eigenvalue weighted by Gasteiger charge is -2.13. The average molecular weight is 441 g/mol. The second-order valence-electron chi connectivity index (χ2n) is 7.22. The molecule has 33 heavy (non-hydrogen) atoms. The number of ether oxygens (including phenoxy) is 2. The van der Waals surface area contributed by atoms with Crippen LogP contribution < -0.4 is 20.1 Å². The molecule has 1 heterocycles. The van der Waals surface area contributed by atoms with E-state index in [1.165, 1.54) is 7.11 Å². The smallest absolute Gasteiger partial charge is 0.272 e. The van der Waals surface area contributed by atoms with Crippen molar-refractivity contribution < 1.29 is 19.1 Å². The fraction of sp³-hybridized carbons (Fsp3) is 0.0769. The minimum Gasteiger partial charge on any atom is -0.497 e. The predicted molar refractivity (Wildman–Crippen MR) is 128 cm³/mol. The molecule has 3 N–H and O–H groups in total. The lowest BCUT2D eigenvalue weighted by atomic mass is 10.1. The molecule has 7 heteroatoms. The van der Waals surface area contributed by atoms with Crippen LogP contribution in [0, 0.1) is 0 Å². The monoisotopic (exact) mass is 441 g/mol. The molecule has 7 nitrogen and oxygen atoms in total. The van der Waals surface area contributed by atoms with Gasteiger partial charge in [0.1, 0.15) is 17.2 Å². The molecule has 1 aromatic heterocycles. The largest absolute Gasteiger partial charge is 0.497 e. The van der Waals surface area contributed by atoms with E-state index in [-0.39, 0.29) is 5.70 Å². The number of anilines is 1. The highest BCUT2D eigenvalue weighted by molar-refractivity contribution is 6.11. The summed E-state index contributed by atoms with van der Waals surface area (Å²) in [5.41, 5.74) is 2.60. The highest BCUT2D eigenvalue weighted by Gasteiger charge is 2.16. The van der Waals surface area contributed by atoms with E-state index in [0.717, 1.165) is 10.9 Å². The molecule has 0 atom stereocenters. The summed E-state index contributed by atoms with van der Waals surface area (Å²) in [5.74, 6) is 0.247. The molecule has 3 aromatic carbocycles. The van der Waals surface area contributed by atoms with Crippen molar-refractivity contribution in [1.82, 2.24) is 10.3 Å². The van der Waals surface area contributed by atoms with Crippen molar-refractivity contribution in [1.29, 1.82) is 0 Å². The first kappa shape index (κ1) is 21.7. The molecule has 0 aliphatic rings. The first-order valence-electron chi connectivity index (χ1n) is 10.3. The van der Waals surface area contributed by atoms with Crippen molar-refractivity contribution in [3.05, 3.63) is 95.8 Å². The maximum atomic E-state index is 13.2. The van der Waals surface area contributed by atoms with Gasteiger partial charge in [0.25, 0.3) is 11.8 Å². The number of fused-ring (bicyclic) bond motifs is 1. The van der Waals surface area contributed by atoms with Gasteiger partial charge < -0.3 is 25.1 Å². The molecule has 0 fully saturated rings. The van der Waals surface area contributed by atoms with E-state index >= 15 is 0 Å². The molecule has 0 aliphatic heterocycles. The summed E-state index contributed by atoms with van der Waals surface area (Å²) in [7, 11) is 3.09. The standard InChI is InChI=1S/C26H23N3O4/c1-32-21-11-9-19(24(16-21)33-2)14-23(29-25(30)18-6-4-3-5-7-18)26(31)28-20-10-8-17-12-13-27-22(17)15-20/h3-16,27H,1-2H3,(H,28,31)(H,29,30)/b23-14+. The van der Waals surface area contributed by atoms with Gasteiger partial charge in [-0.2, -0.15) is 0 Å². The Bertz CT molecular complexity index is 1330. The van der Waals surface area contributed by atoms with Crippen LogP contribution in [0.25, 0.3) is 17.0 Å².